The first kappa shape index (κ1) is 13.3. The van der Waals surface area contributed by atoms with Crippen molar-refractivity contribution < 1.29 is 9.53 Å². The minimum absolute atomic E-state index is 0.108. The van der Waals surface area contributed by atoms with Gasteiger partial charge in [-0.05, 0) is 38.0 Å². The molecule has 0 radical (unpaired) electrons. The highest BCUT2D eigenvalue weighted by molar-refractivity contribution is 5.88. The van der Waals surface area contributed by atoms with Crippen LogP contribution in [0, 0.1) is 5.41 Å². The first-order chi connectivity index (χ1) is 7.67. The van der Waals surface area contributed by atoms with Gasteiger partial charge in [0.15, 0.2) is 0 Å². The molecule has 0 N–H and O–H groups in total. The van der Waals surface area contributed by atoms with Crippen molar-refractivity contribution in [2.24, 2.45) is 5.41 Å². The molecule has 0 amide bonds. The molecule has 2 nitrogen and oxygen atoms in total. The Bertz CT molecular complexity index is 268. The van der Waals surface area contributed by atoms with Crippen molar-refractivity contribution in [1.82, 2.24) is 0 Å². The van der Waals surface area contributed by atoms with E-state index in [2.05, 4.69) is 19.9 Å². The molecular formula is C14H24O2. The lowest BCUT2D eigenvalue weighted by atomic mass is 9.70. The molecule has 16 heavy (non-hydrogen) atoms. The van der Waals surface area contributed by atoms with E-state index in [1.807, 2.05) is 6.92 Å². The van der Waals surface area contributed by atoms with Gasteiger partial charge in [0.1, 0.15) is 0 Å². The maximum Gasteiger partial charge on any atom is 0.333 e. The maximum absolute atomic E-state index is 11.6. The van der Waals surface area contributed by atoms with Gasteiger partial charge in [0.05, 0.1) is 6.61 Å². The average Bonchev–Trinajstić information content (AvgIpc) is 2.30. The second kappa shape index (κ2) is 6.07. The summed E-state index contributed by atoms with van der Waals surface area (Å²) in [7, 11) is 0. The fourth-order valence-corrected chi connectivity index (χ4v) is 2.61. The van der Waals surface area contributed by atoms with Gasteiger partial charge >= 0.3 is 5.97 Å². The van der Waals surface area contributed by atoms with Crippen LogP contribution in [0.15, 0.2) is 11.6 Å². The molecule has 0 aromatic carbocycles. The second-order valence-corrected chi connectivity index (χ2v) is 4.76. The van der Waals surface area contributed by atoms with Crippen LogP contribution >= 0.6 is 0 Å². The molecule has 0 aliphatic heterocycles. The summed E-state index contributed by atoms with van der Waals surface area (Å²) >= 11 is 0. The highest BCUT2D eigenvalue weighted by Gasteiger charge is 2.30. The van der Waals surface area contributed by atoms with E-state index in [0.717, 1.165) is 24.8 Å². The van der Waals surface area contributed by atoms with Gasteiger partial charge in [0, 0.05) is 5.57 Å². The van der Waals surface area contributed by atoms with Gasteiger partial charge < -0.3 is 4.74 Å². The first-order valence-corrected chi connectivity index (χ1v) is 6.53. The summed E-state index contributed by atoms with van der Waals surface area (Å²) in [4.78, 5) is 11.6. The van der Waals surface area contributed by atoms with Crippen LogP contribution in [-0.2, 0) is 9.53 Å². The monoisotopic (exact) mass is 224 g/mol. The average molecular weight is 224 g/mol. The molecule has 1 aliphatic carbocycles. The van der Waals surface area contributed by atoms with Gasteiger partial charge in [-0.1, -0.05) is 32.8 Å². The lowest BCUT2D eigenvalue weighted by Gasteiger charge is -2.35. The molecule has 0 aromatic heterocycles. The van der Waals surface area contributed by atoms with Gasteiger partial charge in [-0.25, -0.2) is 4.79 Å². The van der Waals surface area contributed by atoms with E-state index in [4.69, 9.17) is 4.74 Å². The van der Waals surface area contributed by atoms with Crippen LogP contribution < -0.4 is 0 Å². The van der Waals surface area contributed by atoms with Gasteiger partial charge in [-0.15, -0.1) is 0 Å². The van der Waals surface area contributed by atoms with E-state index < -0.39 is 0 Å². The summed E-state index contributed by atoms with van der Waals surface area (Å²) in [6.07, 6.45) is 8.92. The standard InChI is InChI=1S/C14H24O2/c1-4-9-14(5-2)10-7-12(8-11-14)13(15)16-6-3/h7H,4-6,8-11H2,1-3H3. The number of allylic oxidation sites excluding steroid dienone is 1. The molecule has 0 spiro atoms. The highest BCUT2D eigenvalue weighted by atomic mass is 16.5. The molecule has 1 aliphatic rings. The van der Waals surface area contributed by atoms with E-state index >= 15 is 0 Å². The maximum atomic E-state index is 11.6. The fourth-order valence-electron chi connectivity index (χ4n) is 2.61. The molecule has 0 heterocycles. The van der Waals surface area contributed by atoms with Crippen molar-refractivity contribution in [2.75, 3.05) is 6.61 Å². The molecule has 1 rings (SSSR count). The lowest BCUT2D eigenvalue weighted by Crippen LogP contribution is -2.24. The van der Waals surface area contributed by atoms with E-state index in [1.54, 1.807) is 0 Å². The SMILES string of the molecule is CCCC1(CC)CC=C(C(=O)OCC)CC1. The van der Waals surface area contributed by atoms with Crippen LogP contribution in [0.1, 0.15) is 59.3 Å². The van der Waals surface area contributed by atoms with Gasteiger partial charge in [0.25, 0.3) is 0 Å². The van der Waals surface area contributed by atoms with Crippen LogP contribution in [-0.4, -0.2) is 12.6 Å². The van der Waals surface area contributed by atoms with E-state index in [9.17, 15) is 4.79 Å². The summed E-state index contributed by atoms with van der Waals surface area (Å²) in [6, 6.07) is 0. The number of rotatable bonds is 5. The summed E-state index contributed by atoms with van der Waals surface area (Å²) in [5.41, 5.74) is 1.34. The normalized spacial score (nSPS) is 25.1. The predicted octanol–water partition coefficient (Wildman–Crippen LogP) is 3.86. The fraction of sp³-hybridized carbons (Fsp3) is 0.786. The summed E-state index contributed by atoms with van der Waals surface area (Å²) in [5.74, 6) is -0.108. The van der Waals surface area contributed by atoms with Gasteiger partial charge in [0.2, 0.25) is 0 Å². The first-order valence-electron chi connectivity index (χ1n) is 6.53. The van der Waals surface area contributed by atoms with Crippen molar-refractivity contribution in [3.63, 3.8) is 0 Å². The summed E-state index contributed by atoms with van der Waals surface area (Å²) in [5, 5.41) is 0. The molecule has 1 atom stereocenters. The molecule has 0 aromatic rings. The summed E-state index contributed by atoms with van der Waals surface area (Å²) < 4.78 is 5.04. The number of hydrogen-bond acceptors (Lipinski definition) is 2. The zero-order valence-corrected chi connectivity index (χ0v) is 10.8. The molecule has 0 saturated heterocycles. The topological polar surface area (TPSA) is 26.3 Å². The zero-order valence-electron chi connectivity index (χ0n) is 10.8. The van der Waals surface area contributed by atoms with Gasteiger partial charge in [-0.3, -0.25) is 0 Å². The number of esters is 1. The minimum atomic E-state index is -0.108. The highest BCUT2D eigenvalue weighted by Crippen LogP contribution is 2.42. The molecular weight excluding hydrogens is 200 g/mol. The predicted molar refractivity (Wildman–Crippen MR) is 66.2 cm³/mol. The Balaban J connectivity index is 2.61. The lowest BCUT2D eigenvalue weighted by molar-refractivity contribution is -0.138. The quantitative estimate of drug-likeness (QED) is 0.663. The van der Waals surface area contributed by atoms with Crippen LogP contribution in [0.2, 0.25) is 0 Å². The Hall–Kier alpha value is -0.790. The van der Waals surface area contributed by atoms with Crippen LogP contribution in [0.3, 0.4) is 0 Å². The molecule has 1 unspecified atom stereocenters. The zero-order chi connectivity index (χ0) is 12.0. The molecule has 2 heteroatoms. The van der Waals surface area contributed by atoms with Crippen molar-refractivity contribution in [2.45, 2.75) is 59.3 Å². The third-order valence-electron chi connectivity index (χ3n) is 3.77. The molecule has 0 bridgehead atoms. The minimum Gasteiger partial charge on any atom is -0.463 e. The Kier molecular flexibility index (Phi) is 5.04. The number of hydrogen-bond donors (Lipinski definition) is 0. The van der Waals surface area contributed by atoms with Crippen LogP contribution in [0.5, 0.6) is 0 Å². The van der Waals surface area contributed by atoms with Gasteiger partial charge in [-0.2, -0.15) is 0 Å². The Morgan fingerprint density at radius 1 is 1.44 bits per heavy atom. The third kappa shape index (κ3) is 3.10. The van der Waals surface area contributed by atoms with Crippen LogP contribution in [0.25, 0.3) is 0 Å². The molecule has 0 fully saturated rings. The number of carbonyl (C=O) groups is 1. The smallest absolute Gasteiger partial charge is 0.333 e. The van der Waals surface area contributed by atoms with E-state index in [1.165, 1.54) is 19.3 Å². The van der Waals surface area contributed by atoms with Crippen LogP contribution in [0.4, 0.5) is 0 Å². The Morgan fingerprint density at radius 3 is 2.62 bits per heavy atom. The number of ether oxygens (including phenoxy) is 1. The molecule has 0 saturated carbocycles. The van der Waals surface area contributed by atoms with Crippen molar-refractivity contribution in [3.05, 3.63) is 11.6 Å². The summed E-state index contributed by atoms with van der Waals surface area (Å²) in [6.45, 7) is 6.83. The van der Waals surface area contributed by atoms with Crippen molar-refractivity contribution in [3.8, 4) is 0 Å². The van der Waals surface area contributed by atoms with Crippen molar-refractivity contribution in [1.29, 1.82) is 0 Å². The second-order valence-electron chi connectivity index (χ2n) is 4.76. The van der Waals surface area contributed by atoms with Crippen molar-refractivity contribution >= 4 is 5.97 Å². The largest absolute Gasteiger partial charge is 0.463 e. The Morgan fingerprint density at radius 2 is 2.19 bits per heavy atom. The molecule has 92 valence electrons. The Labute approximate surface area is 99.1 Å². The third-order valence-corrected chi connectivity index (χ3v) is 3.77. The van der Waals surface area contributed by atoms with E-state index in [0.29, 0.717) is 12.0 Å². The number of carbonyl (C=O) groups excluding carboxylic acids is 1. The van der Waals surface area contributed by atoms with E-state index in [-0.39, 0.29) is 5.97 Å².